The molecule has 1 aromatic heterocycles. The molecular formula is C16H18BrClN2S. The molecule has 112 valence electrons. The normalized spacial score (nSPS) is 17.4. The molecule has 1 unspecified atom stereocenters. The molecular weight excluding hydrogens is 368 g/mol. The summed E-state index contributed by atoms with van der Waals surface area (Å²) in [5, 5.41) is 3.72. The molecule has 5 heteroatoms. The standard InChI is InChI=1S/C16H18BrClN2S/c1-20(2)14-7-6-10(17)8-13(14)19-12-4-3-5-15-11(12)9-16(18)21-15/h6-9,12,19H,3-5H2,1-2H3. The SMILES string of the molecule is CN(C)c1ccc(Br)cc1NC1CCCc2sc(Cl)cc21. The van der Waals surface area contributed by atoms with Crippen molar-refractivity contribution < 1.29 is 0 Å². The van der Waals surface area contributed by atoms with Gasteiger partial charge in [0.1, 0.15) is 0 Å². The minimum absolute atomic E-state index is 0.352. The first kappa shape index (κ1) is 15.2. The summed E-state index contributed by atoms with van der Waals surface area (Å²) >= 11 is 11.5. The molecule has 1 aromatic carbocycles. The number of nitrogens with zero attached hydrogens (tertiary/aromatic N) is 1. The number of fused-ring (bicyclic) bond motifs is 1. The van der Waals surface area contributed by atoms with Crippen molar-refractivity contribution in [3.05, 3.63) is 43.5 Å². The summed E-state index contributed by atoms with van der Waals surface area (Å²) in [5.74, 6) is 0. The molecule has 0 amide bonds. The highest BCUT2D eigenvalue weighted by molar-refractivity contribution is 9.10. The van der Waals surface area contributed by atoms with Crippen LogP contribution in [0.2, 0.25) is 4.34 Å². The lowest BCUT2D eigenvalue weighted by Gasteiger charge is -2.27. The molecule has 0 fully saturated rings. The number of hydrogen-bond acceptors (Lipinski definition) is 3. The van der Waals surface area contributed by atoms with Crippen molar-refractivity contribution in [1.29, 1.82) is 0 Å². The lowest BCUT2D eigenvalue weighted by Crippen LogP contribution is -2.18. The van der Waals surface area contributed by atoms with Gasteiger partial charge in [-0.25, -0.2) is 0 Å². The predicted molar refractivity (Wildman–Crippen MR) is 97.1 cm³/mol. The van der Waals surface area contributed by atoms with Gasteiger partial charge >= 0.3 is 0 Å². The summed E-state index contributed by atoms with van der Waals surface area (Å²) in [7, 11) is 4.14. The van der Waals surface area contributed by atoms with Crippen LogP contribution < -0.4 is 10.2 Å². The van der Waals surface area contributed by atoms with Gasteiger partial charge in [0, 0.05) is 23.4 Å². The van der Waals surface area contributed by atoms with Gasteiger partial charge < -0.3 is 10.2 Å². The third-order valence-corrected chi connectivity index (χ3v) is 5.69. The number of nitrogens with one attached hydrogen (secondary N) is 1. The zero-order valence-corrected chi connectivity index (χ0v) is 15.3. The molecule has 1 aliphatic carbocycles. The number of thiophene rings is 1. The number of rotatable bonds is 3. The molecule has 21 heavy (non-hydrogen) atoms. The van der Waals surface area contributed by atoms with Crippen LogP contribution in [0.5, 0.6) is 0 Å². The summed E-state index contributed by atoms with van der Waals surface area (Å²) in [6.45, 7) is 0. The first-order valence-corrected chi connectivity index (χ1v) is 9.05. The number of halogens is 2. The molecule has 0 aliphatic heterocycles. The van der Waals surface area contributed by atoms with E-state index in [0.29, 0.717) is 6.04 Å². The molecule has 2 aromatic rings. The van der Waals surface area contributed by atoms with E-state index < -0.39 is 0 Å². The third kappa shape index (κ3) is 3.22. The lowest BCUT2D eigenvalue weighted by atomic mass is 9.93. The summed E-state index contributed by atoms with van der Waals surface area (Å²) in [6.07, 6.45) is 3.52. The number of hydrogen-bond donors (Lipinski definition) is 1. The van der Waals surface area contributed by atoms with E-state index in [4.69, 9.17) is 11.6 Å². The van der Waals surface area contributed by atoms with E-state index in [1.165, 1.54) is 22.5 Å². The Morgan fingerprint density at radius 2 is 2.14 bits per heavy atom. The van der Waals surface area contributed by atoms with E-state index in [-0.39, 0.29) is 0 Å². The van der Waals surface area contributed by atoms with Gasteiger partial charge in [-0.2, -0.15) is 0 Å². The maximum atomic E-state index is 6.20. The molecule has 0 bridgehead atoms. The van der Waals surface area contributed by atoms with Crippen LogP contribution in [0.3, 0.4) is 0 Å². The lowest BCUT2D eigenvalue weighted by molar-refractivity contribution is 0.609. The molecule has 0 spiro atoms. The minimum atomic E-state index is 0.352. The quantitative estimate of drug-likeness (QED) is 0.727. The van der Waals surface area contributed by atoms with Gasteiger partial charge in [0.05, 0.1) is 21.8 Å². The van der Waals surface area contributed by atoms with Crippen molar-refractivity contribution in [3.8, 4) is 0 Å². The molecule has 1 N–H and O–H groups in total. The first-order chi connectivity index (χ1) is 10.0. The van der Waals surface area contributed by atoms with Crippen molar-refractivity contribution in [2.24, 2.45) is 0 Å². The van der Waals surface area contributed by atoms with Gasteiger partial charge in [-0.3, -0.25) is 0 Å². The molecule has 1 atom stereocenters. The van der Waals surface area contributed by atoms with Crippen molar-refractivity contribution in [2.75, 3.05) is 24.3 Å². The van der Waals surface area contributed by atoms with E-state index in [0.717, 1.165) is 27.3 Å². The van der Waals surface area contributed by atoms with Gasteiger partial charge in [-0.15, -0.1) is 11.3 Å². The fourth-order valence-electron chi connectivity index (χ4n) is 2.87. The Kier molecular flexibility index (Phi) is 4.48. The van der Waals surface area contributed by atoms with Gasteiger partial charge in [0.25, 0.3) is 0 Å². The molecule has 1 aliphatic rings. The second kappa shape index (κ2) is 6.19. The van der Waals surface area contributed by atoms with Crippen molar-refractivity contribution in [1.82, 2.24) is 0 Å². The van der Waals surface area contributed by atoms with Crippen LogP contribution in [-0.4, -0.2) is 14.1 Å². The third-order valence-electron chi connectivity index (χ3n) is 3.85. The zero-order valence-electron chi connectivity index (χ0n) is 12.1. The largest absolute Gasteiger partial charge is 0.376 e. The molecule has 1 heterocycles. The van der Waals surface area contributed by atoms with E-state index in [1.807, 2.05) is 0 Å². The van der Waals surface area contributed by atoms with Crippen molar-refractivity contribution in [3.63, 3.8) is 0 Å². The van der Waals surface area contributed by atoms with Crippen LogP contribution in [0.1, 0.15) is 29.3 Å². The smallest absolute Gasteiger partial charge is 0.0934 e. The van der Waals surface area contributed by atoms with Gasteiger partial charge in [0.2, 0.25) is 0 Å². The zero-order chi connectivity index (χ0) is 15.0. The Balaban J connectivity index is 1.92. The van der Waals surface area contributed by atoms with Crippen molar-refractivity contribution >= 4 is 50.2 Å². The summed E-state index contributed by atoms with van der Waals surface area (Å²) < 4.78 is 1.99. The Morgan fingerprint density at radius 3 is 2.90 bits per heavy atom. The Hall–Kier alpha value is -0.710. The Morgan fingerprint density at radius 1 is 1.33 bits per heavy atom. The highest BCUT2D eigenvalue weighted by atomic mass is 79.9. The number of benzene rings is 1. The topological polar surface area (TPSA) is 15.3 Å². The monoisotopic (exact) mass is 384 g/mol. The Labute approximate surface area is 143 Å². The van der Waals surface area contributed by atoms with Crippen LogP contribution in [0, 0.1) is 0 Å². The van der Waals surface area contributed by atoms with Crippen molar-refractivity contribution in [2.45, 2.75) is 25.3 Å². The summed E-state index contributed by atoms with van der Waals surface area (Å²) in [6, 6.07) is 8.85. The van der Waals surface area contributed by atoms with Crippen LogP contribution in [0.15, 0.2) is 28.7 Å². The summed E-state index contributed by atoms with van der Waals surface area (Å²) in [5.41, 5.74) is 3.74. The molecule has 0 saturated heterocycles. The number of aryl methyl sites for hydroxylation is 1. The van der Waals surface area contributed by atoms with E-state index in [1.54, 1.807) is 11.3 Å². The maximum Gasteiger partial charge on any atom is 0.0934 e. The molecule has 0 saturated carbocycles. The second-order valence-corrected chi connectivity index (χ2v) is 8.26. The van der Waals surface area contributed by atoms with Crippen LogP contribution in [0.4, 0.5) is 11.4 Å². The maximum absolute atomic E-state index is 6.20. The molecule has 3 rings (SSSR count). The fraction of sp³-hybridized carbons (Fsp3) is 0.375. The average Bonchev–Trinajstić information content (AvgIpc) is 2.80. The molecule has 2 nitrogen and oxygen atoms in total. The van der Waals surface area contributed by atoms with Crippen LogP contribution in [-0.2, 0) is 6.42 Å². The van der Waals surface area contributed by atoms with E-state index >= 15 is 0 Å². The summed E-state index contributed by atoms with van der Waals surface area (Å²) in [4.78, 5) is 3.57. The van der Waals surface area contributed by atoms with Gasteiger partial charge in [-0.1, -0.05) is 27.5 Å². The van der Waals surface area contributed by atoms with Crippen LogP contribution >= 0.6 is 38.9 Å². The van der Waals surface area contributed by atoms with Gasteiger partial charge in [-0.05, 0) is 49.1 Å². The van der Waals surface area contributed by atoms with E-state index in [2.05, 4.69) is 64.5 Å². The Bertz CT molecular complexity index is 654. The number of anilines is 2. The average molecular weight is 386 g/mol. The highest BCUT2D eigenvalue weighted by Gasteiger charge is 2.23. The second-order valence-electron chi connectivity index (χ2n) is 5.57. The minimum Gasteiger partial charge on any atom is -0.376 e. The van der Waals surface area contributed by atoms with E-state index in [9.17, 15) is 0 Å². The highest BCUT2D eigenvalue weighted by Crippen LogP contribution is 2.41. The van der Waals surface area contributed by atoms with Crippen LogP contribution in [0.25, 0.3) is 0 Å². The predicted octanol–water partition coefficient (Wildman–Crippen LogP) is 5.72. The fourth-order valence-corrected chi connectivity index (χ4v) is 4.62. The first-order valence-electron chi connectivity index (χ1n) is 7.06. The molecule has 0 radical (unpaired) electrons. The van der Waals surface area contributed by atoms with Gasteiger partial charge in [0.15, 0.2) is 0 Å².